The Morgan fingerprint density at radius 3 is 2.64 bits per heavy atom. The maximum absolute atomic E-state index is 13.4. The minimum Gasteiger partial charge on any atom is -0.381 e. The Morgan fingerprint density at radius 2 is 2.21 bits per heavy atom. The Labute approximate surface area is 82.8 Å². The van der Waals surface area contributed by atoms with Gasteiger partial charge in [0.25, 0.3) is 0 Å². The van der Waals surface area contributed by atoms with Gasteiger partial charge < -0.3 is 5.73 Å². The van der Waals surface area contributed by atoms with Gasteiger partial charge in [-0.1, -0.05) is 0 Å². The third kappa shape index (κ3) is 1.19. The number of hydrogen-bond acceptors (Lipinski definition) is 3. The third-order valence-electron chi connectivity index (χ3n) is 1.86. The van der Waals surface area contributed by atoms with E-state index in [-0.39, 0.29) is 16.4 Å². The van der Waals surface area contributed by atoms with Gasteiger partial charge in [-0.2, -0.15) is 5.10 Å². The molecular weight excluding hydrogens is 208 g/mol. The molecule has 2 N–H and O–H groups in total. The monoisotopic (exact) mass is 215 g/mol. The quantitative estimate of drug-likeness (QED) is 0.790. The number of nitrogen functional groups attached to an aromatic ring is 1. The zero-order chi connectivity index (χ0) is 10.3. The van der Waals surface area contributed by atoms with Gasteiger partial charge in [0.05, 0.1) is 4.88 Å². The van der Waals surface area contributed by atoms with E-state index in [1.54, 1.807) is 0 Å². The highest BCUT2D eigenvalue weighted by Crippen LogP contribution is 2.31. The lowest BCUT2D eigenvalue weighted by Crippen LogP contribution is -1.97. The molecule has 3 nitrogen and oxygen atoms in total. The number of aryl methyl sites for hydroxylation is 1. The van der Waals surface area contributed by atoms with Crippen LogP contribution >= 0.6 is 11.3 Å². The second-order valence-corrected chi connectivity index (χ2v) is 3.69. The molecule has 0 atom stereocenters. The molecule has 0 bridgehead atoms. The van der Waals surface area contributed by atoms with Gasteiger partial charge in [-0.05, 0) is 11.4 Å². The third-order valence-corrected chi connectivity index (χ3v) is 2.76. The minimum absolute atomic E-state index is 0.0301. The highest BCUT2D eigenvalue weighted by molar-refractivity contribution is 7.13. The standard InChI is InChI=1S/C8H7F2N3S/c1-13-8(11)5(10)6(12-13)7-4(9)2-3-14-7/h2-3H,11H2,1H3. The fourth-order valence-corrected chi connectivity index (χ4v) is 1.87. The van der Waals surface area contributed by atoms with Crippen molar-refractivity contribution in [2.75, 3.05) is 5.73 Å². The van der Waals surface area contributed by atoms with Crippen LogP contribution in [0.25, 0.3) is 10.6 Å². The molecule has 0 aliphatic carbocycles. The van der Waals surface area contributed by atoms with E-state index >= 15 is 0 Å². The van der Waals surface area contributed by atoms with Crippen LogP contribution in [0.1, 0.15) is 0 Å². The Morgan fingerprint density at radius 1 is 1.50 bits per heavy atom. The summed E-state index contributed by atoms with van der Waals surface area (Å²) in [6, 6.07) is 1.27. The summed E-state index contributed by atoms with van der Waals surface area (Å²) in [4.78, 5) is 0.176. The summed E-state index contributed by atoms with van der Waals surface area (Å²) in [6.45, 7) is 0. The number of rotatable bonds is 1. The van der Waals surface area contributed by atoms with E-state index in [0.717, 1.165) is 11.3 Å². The lowest BCUT2D eigenvalue weighted by molar-refractivity contribution is 0.622. The van der Waals surface area contributed by atoms with Crippen LogP contribution in [-0.2, 0) is 7.05 Å². The number of anilines is 1. The molecule has 0 amide bonds. The van der Waals surface area contributed by atoms with Crippen LogP contribution in [0.3, 0.4) is 0 Å². The summed E-state index contributed by atoms with van der Waals surface area (Å²) in [7, 11) is 1.51. The maximum Gasteiger partial charge on any atom is 0.193 e. The Bertz CT molecular complexity index is 475. The second kappa shape index (κ2) is 3.06. The number of aromatic nitrogens is 2. The SMILES string of the molecule is Cn1nc(-c2sccc2F)c(F)c1N. The normalized spacial score (nSPS) is 10.8. The van der Waals surface area contributed by atoms with E-state index in [4.69, 9.17) is 5.73 Å². The van der Waals surface area contributed by atoms with Gasteiger partial charge in [0, 0.05) is 7.05 Å². The first-order valence-electron chi connectivity index (χ1n) is 3.82. The molecule has 6 heteroatoms. The summed E-state index contributed by atoms with van der Waals surface area (Å²) in [5.41, 5.74) is 5.34. The van der Waals surface area contributed by atoms with Gasteiger partial charge in [0.2, 0.25) is 0 Å². The minimum atomic E-state index is -0.672. The zero-order valence-electron chi connectivity index (χ0n) is 7.29. The first-order valence-corrected chi connectivity index (χ1v) is 4.70. The lowest BCUT2D eigenvalue weighted by Gasteiger charge is -1.90. The molecule has 0 aliphatic rings. The number of thiophene rings is 1. The first kappa shape index (κ1) is 9.14. The fraction of sp³-hybridized carbons (Fsp3) is 0.125. The molecule has 0 aliphatic heterocycles. The molecule has 0 aromatic carbocycles. The summed E-state index contributed by atoms with van der Waals surface area (Å²) in [5, 5.41) is 5.34. The van der Waals surface area contributed by atoms with Crippen molar-refractivity contribution in [1.29, 1.82) is 0 Å². The van der Waals surface area contributed by atoms with Gasteiger partial charge in [-0.3, -0.25) is 0 Å². The molecule has 14 heavy (non-hydrogen) atoms. The van der Waals surface area contributed by atoms with Crippen LogP contribution in [0.15, 0.2) is 11.4 Å². The van der Waals surface area contributed by atoms with Crippen molar-refractivity contribution in [3.63, 3.8) is 0 Å². The molecule has 2 heterocycles. The Hall–Kier alpha value is -1.43. The second-order valence-electron chi connectivity index (χ2n) is 2.77. The first-order chi connectivity index (χ1) is 6.61. The van der Waals surface area contributed by atoms with E-state index in [1.165, 1.54) is 23.2 Å². The van der Waals surface area contributed by atoms with Crippen molar-refractivity contribution in [1.82, 2.24) is 9.78 Å². The fourth-order valence-electron chi connectivity index (χ4n) is 1.12. The molecule has 2 rings (SSSR count). The molecule has 74 valence electrons. The summed E-state index contributed by atoms with van der Waals surface area (Å²) >= 11 is 1.09. The largest absolute Gasteiger partial charge is 0.381 e. The van der Waals surface area contributed by atoms with E-state index in [1.807, 2.05) is 0 Å². The number of nitrogens with two attached hydrogens (primary N) is 1. The van der Waals surface area contributed by atoms with Crippen LogP contribution in [0.2, 0.25) is 0 Å². The lowest BCUT2D eigenvalue weighted by atomic mass is 10.3. The number of nitrogens with zero attached hydrogens (tertiary/aromatic N) is 2. The number of hydrogen-bond donors (Lipinski definition) is 1. The van der Waals surface area contributed by atoms with Gasteiger partial charge in [-0.15, -0.1) is 11.3 Å². The molecule has 0 spiro atoms. The average molecular weight is 215 g/mol. The predicted molar refractivity (Wildman–Crippen MR) is 50.8 cm³/mol. The average Bonchev–Trinajstić information content (AvgIpc) is 2.66. The van der Waals surface area contributed by atoms with Crippen molar-refractivity contribution < 1.29 is 8.78 Å². The van der Waals surface area contributed by atoms with Gasteiger partial charge in [-0.25, -0.2) is 13.5 Å². The van der Waals surface area contributed by atoms with Gasteiger partial charge in [0.1, 0.15) is 11.5 Å². The summed E-state index contributed by atoms with van der Waals surface area (Å²) in [5.74, 6) is -1.24. The highest BCUT2D eigenvalue weighted by atomic mass is 32.1. The molecule has 2 aromatic rings. The summed E-state index contributed by atoms with van der Waals surface area (Å²) in [6.07, 6.45) is 0. The zero-order valence-corrected chi connectivity index (χ0v) is 8.11. The van der Waals surface area contributed by atoms with Gasteiger partial charge in [0.15, 0.2) is 11.6 Å². The van der Waals surface area contributed by atoms with Crippen molar-refractivity contribution in [3.05, 3.63) is 23.1 Å². The molecule has 0 fully saturated rings. The highest BCUT2D eigenvalue weighted by Gasteiger charge is 2.19. The van der Waals surface area contributed by atoms with Crippen LogP contribution < -0.4 is 5.73 Å². The van der Waals surface area contributed by atoms with E-state index < -0.39 is 11.6 Å². The summed E-state index contributed by atoms with van der Waals surface area (Å²) < 4.78 is 27.7. The van der Waals surface area contributed by atoms with Crippen molar-refractivity contribution in [2.24, 2.45) is 7.05 Å². The van der Waals surface area contributed by atoms with Crippen LogP contribution in [-0.4, -0.2) is 9.78 Å². The van der Waals surface area contributed by atoms with Crippen LogP contribution in [0, 0.1) is 11.6 Å². The molecule has 0 unspecified atom stereocenters. The van der Waals surface area contributed by atoms with E-state index in [2.05, 4.69) is 5.10 Å². The molecule has 0 radical (unpaired) electrons. The predicted octanol–water partition coefficient (Wildman–Crippen LogP) is 2.01. The van der Waals surface area contributed by atoms with Crippen LogP contribution in [0.5, 0.6) is 0 Å². The van der Waals surface area contributed by atoms with E-state index in [9.17, 15) is 8.78 Å². The van der Waals surface area contributed by atoms with Crippen LogP contribution in [0.4, 0.5) is 14.6 Å². The molecular formula is C8H7F2N3S. The Balaban J connectivity index is 2.63. The molecule has 0 saturated carbocycles. The Kier molecular flexibility index (Phi) is 1.99. The van der Waals surface area contributed by atoms with Crippen molar-refractivity contribution in [3.8, 4) is 10.6 Å². The molecule has 0 saturated heterocycles. The van der Waals surface area contributed by atoms with Gasteiger partial charge >= 0.3 is 0 Å². The smallest absolute Gasteiger partial charge is 0.193 e. The van der Waals surface area contributed by atoms with E-state index in [0.29, 0.717) is 0 Å². The van der Waals surface area contributed by atoms with Crippen molar-refractivity contribution in [2.45, 2.75) is 0 Å². The van der Waals surface area contributed by atoms with Crippen molar-refractivity contribution >= 4 is 17.2 Å². The maximum atomic E-state index is 13.4. The molecule has 2 aromatic heterocycles. The topological polar surface area (TPSA) is 43.8 Å². The number of halogens is 2.